The van der Waals surface area contributed by atoms with Gasteiger partial charge in [-0.25, -0.2) is 14.6 Å². The number of aromatic amines is 1. The summed E-state index contributed by atoms with van der Waals surface area (Å²) in [6.07, 6.45) is 3.23. The lowest BCUT2D eigenvalue weighted by atomic mass is 10.4. The van der Waals surface area contributed by atoms with Crippen LogP contribution in [0.3, 0.4) is 0 Å². The molecule has 2 aromatic rings. The van der Waals surface area contributed by atoms with E-state index in [4.69, 9.17) is 0 Å². The summed E-state index contributed by atoms with van der Waals surface area (Å²) in [5, 5.41) is 4.13. The van der Waals surface area contributed by atoms with Crippen molar-refractivity contribution in [3.05, 3.63) is 29.2 Å². The molecule has 0 aliphatic heterocycles. The van der Waals surface area contributed by atoms with E-state index in [1.54, 1.807) is 24.0 Å². The van der Waals surface area contributed by atoms with Crippen molar-refractivity contribution in [1.29, 1.82) is 0 Å². The first-order chi connectivity index (χ1) is 7.76. The highest BCUT2D eigenvalue weighted by molar-refractivity contribution is 7.99. The van der Waals surface area contributed by atoms with Crippen LogP contribution in [0.1, 0.15) is 6.92 Å². The van der Waals surface area contributed by atoms with Crippen molar-refractivity contribution in [3.8, 4) is 0 Å². The van der Waals surface area contributed by atoms with E-state index in [1.807, 2.05) is 6.92 Å². The first kappa shape index (κ1) is 10.9. The van der Waals surface area contributed by atoms with Crippen LogP contribution in [0.5, 0.6) is 0 Å². The highest BCUT2D eigenvalue weighted by Crippen LogP contribution is 2.13. The molecule has 0 atom stereocenters. The van der Waals surface area contributed by atoms with Crippen molar-refractivity contribution >= 4 is 22.8 Å². The zero-order valence-corrected chi connectivity index (χ0v) is 9.75. The molecular formula is C10H12N4OS. The minimum atomic E-state index is -0.108. The smallest absolute Gasteiger partial charge is 0.277 e. The molecule has 0 aliphatic carbocycles. The normalized spacial score (nSPS) is 10.8. The third-order valence-corrected chi connectivity index (χ3v) is 2.81. The van der Waals surface area contributed by atoms with Crippen LogP contribution in [0.25, 0.3) is 11.0 Å². The van der Waals surface area contributed by atoms with Crippen LogP contribution < -0.4 is 5.56 Å². The maximum Gasteiger partial charge on any atom is 0.277 e. The summed E-state index contributed by atoms with van der Waals surface area (Å²) in [4.78, 5) is 20.2. The lowest BCUT2D eigenvalue weighted by Crippen LogP contribution is -2.15. The molecule has 16 heavy (non-hydrogen) atoms. The molecule has 0 aromatic carbocycles. The summed E-state index contributed by atoms with van der Waals surface area (Å²) in [6, 6.07) is 0. The molecule has 0 spiro atoms. The minimum Gasteiger partial charge on any atom is -0.278 e. The highest BCUT2D eigenvalue weighted by Gasteiger charge is 2.08. The summed E-state index contributed by atoms with van der Waals surface area (Å²) in [5.41, 5.74) is 0.473. The molecule has 84 valence electrons. The molecule has 1 N–H and O–H groups in total. The number of fused-ring (bicyclic) bond motifs is 1. The Labute approximate surface area is 96.6 Å². The molecule has 2 aromatic heterocycles. The van der Waals surface area contributed by atoms with Gasteiger partial charge in [-0.3, -0.25) is 9.89 Å². The third-order valence-electron chi connectivity index (χ3n) is 2.07. The fraction of sp³-hybridized carbons (Fsp3) is 0.300. The predicted octanol–water partition coefficient (Wildman–Crippen LogP) is 1.42. The van der Waals surface area contributed by atoms with Gasteiger partial charge in [0.25, 0.3) is 5.56 Å². The largest absolute Gasteiger partial charge is 0.278 e. The second-order valence-electron chi connectivity index (χ2n) is 3.16. The number of thioether (sulfide) groups is 1. The van der Waals surface area contributed by atoms with Gasteiger partial charge in [-0.15, -0.1) is 6.58 Å². The van der Waals surface area contributed by atoms with Crippen LogP contribution in [0.2, 0.25) is 0 Å². The topological polar surface area (TPSA) is 63.6 Å². The van der Waals surface area contributed by atoms with E-state index in [0.29, 0.717) is 22.7 Å². The Hall–Kier alpha value is -1.56. The number of H-pyrrole nitrogens is 1. The van der Waals surface area contributed by atoms with Crippen LogP contribution in [0.15, 0.2) is 28.8 Å². The van der Waals surface area contributed by atoms with Crippen molar-refractivity contribution in [2.45, 2.75) is 18.6 Å². The van der Waals surface area contributed by atoms with Crippen molar-refractivity contribution in [1.82, 2.24) is 19.7 Å². The van der Waals surface area contributed by atoms with E-state index in [1.165, 1.54) is 4.68 Å². The van der Waals surface area contributed by atoms with Gasteiger partial charge in [0, 0.05) is 6.20 Å². The zero-order valence-electron chi connectivity index (χ0n) is 8.93. The van der Waals surface area contributed by atoms with E-state index in [9.17, 15) is 4.79 Å². The number of allylic oxidation sites excluding steroid dienone is 1. The first-order valence-corrected chi connectivity index (χ1v) is 5.94. The molecule has 0 aliphatic rings. The van der Waals surface area contributed by atoms with E-state index >= 15 is 0 Å². The van der Waals surface area contributed by atoms with Gasteiger partial charge in [-0.2, -0.15) is 0 Å². The fourth-order valence-electron chi connectivity index (χ4n) is 1.39. The van der Waals surface area contributed by atoms with Gasteiger partial charge < -0.3 is 0 Å². The lowest BCUT2D eigenvalue weighted by Gasteiger charge is -1.94. The van der Waals surface area contributed by atoms with Gasteiger partial charge in [0.05, 0.1) is 6.54 Å². The van der Waals surface area contributed by atoms with Gasteiger partial charge in [0.2, 0.25) is 0 Å². The number of rotatable bonds is 4. The van der Waals surface area contributed by atoms with Gasteiger partial charge >= 0.3 is 0 Å². The monoisotopic (exact) mass is 236 g/mol. The number of hydrogen-bond acceptors (Lipinski definition) is 4. The van der Waals surface area contributed by atoms with E-state index in [2.05, 4.69) is 21.6 Å². The SMILES string of the molecule is C=CCn1[nH]c2nc(SCC)ncc2c1=O. The number of nitrogens with zero attached hydrogens (tertiary/aromatic N) is 3. The average Bonchev–Trinajstić information content (AvgIpc) is 2.57. The van der Waals surface area contributed by atoms with E-state index < -0.39 is 0 Å². The second-order valence-corrected chi connectivity index (χ2v) is 4.40. The van der Waals surface area contributed by atoms with Crippen LogP contribution in [-0.2, 0) is 6.54 Å². The second kappa shape index (κ2) is 4.52. The summed E-state index contributed by atoms with van der Waals surface area (Å²) in [5.74, 6) is 0.906. The Morgan fingerprint density at radius 3 is 3.19 bits per heavy atom. The molecule has 0 unspecified atom stereocenters. The van der Waals surface area contributed by atoms with Crippen molar-refractivity contribution < 1.29 is 0 Å². The minimum absolute atomic E-state index is 0.108. The maximum atomic E-state index is 11.8. The summed E-state index contributed by atoms with van der Waals surface area (Å²) in [7, 11) is 0. The number of nitrogens with one attached hydrogen (secondary N) is 1. The Morgan fingerprint density at radius 2 is 2.50 bits per heavy atom. The molecule has 2 rings (SSSR count). The average molecular weight is 236 g/mol. The summed E-state index contributed by atoms with van der Waals surface area (Å²) >= 11 is 1.54. The maximum absolute atomic E-state index is 11.8. The standard InChI is InChI=1S/C10H12N4OS/c1-3-5-14-9(15)7-6-11-10(16-4-2)12-8(7)13-14/h3,6H,1,4-5H2,2H3,(H,11,12,13). The van der Waals surface area contributed by atoms with Crippen molar-refractivity contribution in [3.63, 3.8) is 0 Å². The molecule has 0 bridgehead atoms. The molecule has 0 saturated carbocycles. The van der Waals surface area contributed by atoms with Crippen LogP contribution >= 0.6 is 11.8 Å². The van der Waals surface area contributed by atoms with E-state index in [-0.39, 0.29) is 5.56 Å². The fourth-order valence-corrected chi connectivity index (χ4v) is 1.93. The molecule has 0 radical (unpaired) electrons. The predicted molar refractivity (Wildman–Crippen MR) is 64.7 cm³/mol. The molecule has 6 heteroatoms. The molecular weight excluding hydrogens is 224 g/mol. The van der Waals surface area contributed by atoms with Crippen molar-refractivity contribution in [2.75, 3.05) is 5.75 Å². The molecule has 5 nitrogen and oxygen atoms in total. The third kappa shape index (κ3) is 1.88. The van der Waals surface area contributed by atoms with Crippen LogP contribution in [-0.4, -0.2) is 25.5 Å². The lowest BCUT2D eigenvalue weighted by molar-refractivity contribution is 0.684. The van der Waals surface area contributed by atoms with Gasteiger partial charge in [-0.1, -0.05) is 24.8 Å². The van der Waals surface area contributed by atoms with Crippen molar-refractivity contribution in [2.24, 2.45) is 0 Å². The van der Waals surface area contributed by atoms with Gasteiger partial charge in [0.1, 0.15) is 5.39 Å². The van der Waals surface area contributed by atoms with Crippen LogP contribution in [0, 0.1) is 0 Å². The Kier molecular flexibility index (Phi) is 3.09. The molecule has 2 heterocycles. The highest BCUT2D eigenvalue weighted by atomic mass is 32.2. The molecule has 0 fully saturated rings. The summed E-state index contributed by atoms with van der Waals surface area (Å²) in [6.45, 7) is 6.08. The first-order valence-electron chi connectivity index (χ1n) is 4.95. The van der Waals surface area contributed by atoms with Crippen LogP contribution in [0.4, 0.5) is 0 Å². The Bertz CT molecular complexity index is 572. The Morgan fingerprint density at radius 1 is 1.69 bits per heavy atom. The van der Waals surface area contributed by atoms with E-state index in [0.717, 1.165) is 5.75 Å². The molecule has 0 saturated heterocycles. The molecule has 0 amide bonds. The van der Waals surface area contributed by atoms with Gasteiger partial charge in [0.15, 0.2) is 10.8 Å². The zero-order chi connectivity index (χ0) is 11.5. The number of aromatic nitrogens is 4. The van der Waals surface area contributed by atoms with Gasteiger partial charge in [-0.05, 0) is 5.75 Å². The number of hydrogen-bond donors (Lipinski definition) is 1. The Balaban J connectivity index is 2.53. The quantitative estimate of drug-likeness (QED) is 0.495. The summed E-state index contributed by atoms with van der Waals surface area (Å²) < 4.78 is 1.47.